The molecule has 2 saturated heterocycles. The van der Waals surface area contributed by atoms with Crippen molar-refractivity contribution >= 4 is 11.7 Å². The molecule has 2 atom stereocenters. The first kappa shape index (κ1) is 21.0. The largest absolute Gasteiger partial charge is 0.376 e. The molecule has 0 bridgehead atoms. The lowest BCUT2D eigenvalue weighted by Crippen LogP contribution is -2.46. The van der Waals surface area contributed by atoms with Gasteiger partial charge in [0.1, 0.15) is 11.9 Å². The van der Waals surface area contributed by atoms with Gasteiger partial charge in [-0.05, 0) is 44.4 Å². The number of pyridine rings is 1. The Hall–Kier alpha value is -1.70. The molecule has 7 nitrogen and oxygen atoms in total. The van der Waals surface area contributed by atoms with Crippen LogP contribution in [0.4, 0.5) is 5.82 Å². The number of ether oxygens (including phenoxy) is 2. The van der Waals surface area contributed by atoms with Crippen LogP contribution in [0.2, 0.25) is 0 Å². The molecule has 0 aliphatic carbocycles. The van der Waals surface area contributed by atoms with E-state index in [4.69, 9.17) is 9.47 Å². The van der Waals surface area contributed by atoms with Crippen LogP contribution >= 0.6 is 0 Å². The summed E-state index contributed by atoms with van der Waals surface area (Å²) >= 11 is 0. The van der Waals surface area contributed by atoms with Crippen molar-refractivity contribution in [2.24, 2.45) is 0 Å². The Morgan fingerprint density at radius 1 is 1.32 bits per heavy atom. The van der Waals surface area contributed by atoms with Crippen LogP contribution in [-0.4, -0.2) is 73.9 Å². The molecule has 2 aliphatic heterocycles. The average Bonchev–Trinajstić information content (AvgIpc) is 2.77. The molecule has 7 heteroatoms. The van der Waals surface area contributed by atoms with Crippen LogP contribution in [-0.2, 0) is 20.8 Å². The maximum absolute atomic E-state index is 12.3. The van der Waals surface area contributed by atoms with Crippen LogP contribution in [0.5, 0.6) is 0 Å². The summed E-state index contributed by atoms with van der Waals surface area (Å²) in [4.78, 5) is 21.6. The molecular formula is C21H34N4O3. The summed E-state index contributed by atoms with van der Waals surface area (Å²) < 4.78 is 11.3. The van der Waals surface area contributed by atoms with Crippen LogP contribution in [0.25, 0.3) is 0 Å². The van der Waals surface area contributed by atoms with E-state index in [-0.39, 0.29) is 12.0 Å². The third-order valence-electron chi connectivity index (χ3n) is 5.59. The van der Waals surface area contributed by atoms with Crippen molar-refractivity contribution in [1.82, 2.24) is 15.2 Å². The second kappa shape index (κ2) is 10.7. The lowest BCUT2D eigenvalue weighted by atomic mass is 10.1. The molecule has 2 aliphatic rings. The van der Waals surface area contributed by atoms with Crippen molar-refractivity contribution in [2.75, 3.05) is 50.8 Å². The molecule has 156 valence electrons. The number of hydrogen-bond acceptors (Lipinski definition) is 6. The second-order valence-electron chi connectivity index (χ2n) is 7.63. The molecule has 0 spiro atoms. The topological polar surface area (TPSA) is 66.9 Å². The first-order chi connectivity index (χ1) is 13.7. The number of likely N-dealkylation sites (N-methyl/N-ethyl adjacent to an activating group) is 1. The monoisotopic (exact) mass is 390 g/mol. The van der Waals surface area contributed by atoms with Crippen LogP contribution in [0.3, 0.4) is 0 Å². The molecule has 28 heavy (non-hydrogen) atoms. The smallest absolute Gasteiger partial charge is 0.249 e. The summed E-state index contributed by atoms with van der Waals surface area (Å²) in [5, 5.41) is 2.93. The third-order valence-corrected chi connectivity index (χ3v) is 5.59. The molecule has 2 unspecified atom stereocenters. The molecule has 1 aromatic rings. The number of nitrogens with one attached hydrogen (secondary N) is 1. The Morgan fingerprint density at radius 3 is 2.79 bits per heavy atom. The van der Waals surface area contributed by atoms with Gasteiger partial charge in [-0.3, -0.25) is 4.79 Å². The van der Waals surface area contributed by atoms with Crippen LogP contribution in [0.1, 0.15) is 38.7 Å². The number of amides is 1. The van der Waals surface area contributed by atoms with Gasteiger partial charge in [-0.15, -0.1) is 0 Å². The summed E-state index contributed by atoms with van der Waals surface area (Å²) in [7, 11) is 0. The molecule has 1 amide bonds. The highest BCUT2D eigenvalue weighted by atomic mass is 16.5. The standard InChI is InChI=1S/C21H34N4O3/c1-3-24-9-11-25(12-10-24)20-8-7-18(14-22-20)15-23-21(26)17(2)28-16-19-6-4-5-13-27-19/h7-8,14,17,19H,3-6,9-13,15-16H2,1-2H3,(H,23,26). The molecule has 0 radical (unpaired) electrons. The van der Waals surface area contributed by atoms with Gasteiger partial charge in [0, 0.05) is 45.5 Å². The van der Waals surface area contributed by atoms with Gasteiger partial charge in [-0.25, -0.2) is 4.98 Å². The Kier molecular flexibility index (Phi) is 8.06. The predicted molar refractivity (Wildman–Crippen MR) is 109 cm³/mol. The SMILES string of the molecule is CCN1CCN(c2ccc(CNC(=O)C(C)OCC3CCCCO3)cn2)CC1. The van der Waals surface area contributed by atoms with Crippen molar-refractivity contribution in [3.8, 4) is 0 Å². The number of hydrogen-bond donors (Lipinski definition) is 1. The van der Waals surface area contributed by atoms with Crippen molar-refractivity contribution < 1.29 is 14.3 Å². The molecule has 0 aromatic carbocycles. The Morgan fingerprint density at radius 2 is 2.14 bits per heavy atom. The zero-order chi connectivity index (χ0) is 19.8. The fraction of sp³-hybridized carbons (Fsp3) is 0.714. The Balaban J connectivity index is 1.38. The maximum Gasteiger partial charge on any atom is 0.249 e. The first-order valence-electron chi connectivity index (χ1n) is 10.6. The number of rotatable bonds is 8. The molecule has 2 fully saturated rings. The van der Waals surface area contributed by atoms with E-state index in [0.717, 1.165) is 63.6 Å². The Labute approximate surface area is 168 Å². The molecule has 3 rings (SSSR count). The van der Waals surface area contributed by atoms with E-state index in [0.29, 0.717) is 13.2 Å². The minimum absolute atomic E-state index is 0.101. The van der Waals surface area contributed by atoms with E-state index >= 15 is 0 Å². The highest BCUT2D eigenvalue weighted by Crippen LogP contribution is 2.15. The van der Waals surface area contributed by atoms with E-state index in [2.05, 4.69) is 27.0 Å². The molecule has 0 saturated carbocycles. The summed E-state index contributed by atoms with van der Waals surface area (Å²) in [5.74, 6) is 0.908. The minimum Gasteiger partial charge on any atom is -0.376 e. The lowest BCUT2D eigenvalue weighted by molar-refractivity contribution is -0.135. The zero-order valence-electron chi connectivity index (χ0n) is 17.2. The van der Waals surface area contributed by atoms with Gasteiger partial charge in [0.25, 0.3) is 0 Å². The summed E-state index contributed by atoms with van der Waals surface area (Å²) in [6.07, 6.45) is 4.80. The summed E-state index contributed by atoms with van der Waals surface area (Å²) in [5.41, 5.74) is 0.993. The normalized spacial score (nSPS) is 22.1. The van der Waals surface area contributed by atoms with Gasteiger partial charge in [0.05, 0.1) is 12.7 Å². The molecule has 3 heterocycles. The number of piperazine rings is 1. The highest BCUT2D eigenvalue weighted by Gasteiger charge is 2.19. The second-order valence-corrected chi connectivity index (χ2v) is 7.63. The van der Waals surface area contributed by atoms with E-state index in [1.807, 2.05) is 18.3 Å². The predicted octanol–water partition coefficient (Wildman–Crippen LogP) is 1.81. The van der Waals surface area contributed by atoms with Gasteiger partial charge < -0.3 is 24.6 Å². The number of nitrogens with zero attached hydrogens (tertiary/aromatic N) is 3. The molecule has 1 aromatic heterocycles. The van der Waals surface area contributed by atoms with Gasteiger partial charge in [0.2, 0.25) is 5.91 Å². The quantitative estimate of drug-likeness (QED) is 0.730. The van der Waals surface area contributed by atoms with E-state index in [9.17, 15) is 4.79 Å². The number of carbonyl (C=O) groups excluding carboxylic acids is 1. The van der Waals surface area contributed by atoms with E-state index in [1.54, 1.807) is 6.92 Å². The van der Waals surface area contributed by atoms with Gasteiger partial charge in [-0.1, -0.05) is 13.0 Å². The minimum atomic E-state index is -0.479. The fourth-order valence-corrected chi connectivity index (χ4v) is 3.60. The van der Waals surface area contributed by atoms with Crippen molar-refractivity contribution in [1.29, 1.82) is 0 Å². The number of anilines is 1. The molecule has 1 N–H and O–H groups in total. The van der Waals surface area contributed by atoms with Crippen molar-refractivity contribution in [3.63, 3.8) is 0 Å². The lowest BCUT2D eigenvalue weighted by Gasteiger charge is -2.34. The third kappa shape index (κ3) is 6.15. The summed E-state index contributed by atoms with van der Waals surface area (Å²) in [6, 6.07) is 4.08. The first-order valence-corrected chi connectivity index (χ1v) is 10.6. The number of aromatic nitrogens is 1. The van der Waals surface area contributed by atoms with Gasteiger partial charge >= 0.3 is 0 Å². The maximum atomic E-state index is 12.3. The van der Waals surface area contributed by atoms with Gasteiger partial charge in [0.15, 0.2) is 0 Å². The zero-order valence-corrected chi connectivity index (χ0v) is 17.2. The van der Waals surface area contributed by atoms with E-state index in [1.165, 1.54) is 6.42 Å². The van der Waals surface area contributed by atoms with Crippen LogP contribution < -0.4 is 10.2 Å². The Bertz CT molecular complexity index is 596. The van der Waals surface area contributed by atoms with Crippen molar-refractivity contribution in [3.05, 3.63) is 23.9 Å². The van der Waals surface area contributed by atoms with E-state index < -0.39 is 6.10 Å². The number of carbonyl (C=O) groups is 1. The fourth-order valence-electron chi connectivity index (χ4n) is 3.60. The summed E-state index contributed by atoms with van der Waals surface area (Å²) in [6.45, 7) is 11.0. The van der Waals surface area contributed by atoms with Crippen LogP contribution in [0.15, 0.2) is 18.3 Å². The average molecular weight is 391 g/mol. The molecular weight excluding hydrogens is 356 g/mol. The van der Waals surface area contributed by atoms with Crippen LogP contribution in [0, 0.1) is 0 Å². The highest BCUT2D eigenvalue weighted by molar-refractivity contribution is 5.80. The van der Waals surface area contributed by atoms with Crippen molar-refractivity contribution in [2.45, 2.75) is 51.9 Å². The van der Waals surface area contributed by atoms with Gasteiger partial charge in [-0.2, -0.15) is 0 Å².